The number of anilines is 1. The average molecular weight is 487 g/mol. The van der Waals surface area contributed by atoms with Crippen LogP contribution in [0.4, 0.5) is 5.69 Å². The Morgan fingerprint density at radius 1 is 1.15 bits per heavy atom. The summed E-state index contributed by atoms with van der Waals surface area (Å²) in [4.78, 5) is 23.8. The third-order valence-electron chi connectivity index (χ3n) is 5.06. The number of benzene rings is 2. The highest BCUT2D eigenvalue weighted by molar-refractivity contribution is 7.99. The van der Waals surface area contributed by atoms with Gasteiger partial charge in [-0.1, -0.05) is 23.4 Å². The van der Waals surface area contributed by atoms with E-state index in [1.165, 1.54) is 18.7 Å². The molecule has 33 heavy (non-hydrogen) atoms. The number of Topliss-reactive ketones (excluding diaryl/α,β-unsaturated/α-hetero) is 1. The molecule has 0 spiro atoms. The van der Waals surface area contributed by atoms with Crippen LogP contribution in [0.2, 0.25) is 5.02 Å². The van der Waals surface area contributed by atoms with E-state index < -0.39 is 0 Å². The molecule has 1 heterocycles. The molecule has 0 bridgehead atoms. The van der Waals surface area contributed by atoms with Crippen molar-refractivity contribution in [1.29, 1.82) is 0 Å². The van der Waals surface area contributed by atoms with Crippen LogP contribution in [-0.2, 0) is 11.3 Å². The standard InChI is InChI=1S/C24H27ClN4O3S/c1-6-29-23(17(5)32-20-11-14(2)22(25)15(3)12-20)27-28-24(29)33-13-21(31)26-19-9-7-18(8-10-19)16(4)30/h7-12,17H,6,13H2,1-5H3,(H,26,31). The number of thioether (sulfide) groups is 1. The van der Waals surface area contributed by atoms with Crippen molar-refractivity contribution < 1.29 is 14.3 Å². The van der Waals surface area contributed by atoms with Gasteiger partial charge >= 0.3 is 0 Å². The van der Waals surface area contributed by atoms with Crippen molar-refractivity contribution in [2.24, 2.45) is 0 Å². The zero-order valence-corrected chi connectivity index (χ0v) is 20.9. The van der Waals surface area contributed by atoms with Crippen molar-refractivity contribution in [3.05, 3.63) is 63.9 Å². The summed E-state index contributed by atoms with van der Waals surface area (Å²) in [6.07, 6.45) is -0.333. The molecule has 0 aliphatic carbocycles. The summed E-state index contributed by atoms with van der Waals surface area (Å²) < 4.78 is 8.05. The van der Waals surface area contributed by atoms with Crippen molar-refractivity contribution >= 4 is 40.7 Å². The van der Waals surface area contributed by atoms with Gasteiger partial charge in [-0.05, 0) is 82.1 Å². The van der Waals surface area contributed by atoms with E-state index >= 15 is 0 Å². The Morgan fingerprint density at radius 3 is 2.36 bits per heavy atom. The zero-order chi connectivity index (χ0) is 24.1. The summed E-state index contributed by atoms with van der Waals surface area (Å²) in [7, 11) is 0. The minimum atomic E-state index is -0.333. The topological polar surface area (TPSA) is 86.1 Å². The second-order valence-corrected chi connectivity index (χ2v) is 9.01. The number of amides is 1. The molecule has 0 saturated carbocycles. The number of nitrogens with zero attached hydrogens (tertiary/aromatic N) is 3. The van der Waals surface area contributed by atoms with Gasteiger partial charge in [-0.3, -0.25) is 9.59 Å². The van der Waals surface area contributed by atoms with Gasteiger partial charge in [0, 0.05) is 22.8 Å². The van der Waals surface area contributed by atoms with E-state index in [0.717, 1.165) is 21.9 Å². The molecule has 7 nitrogen and oxygen atoms in total. The van der Waals surface area contributed by atoms with Gasteiger partial charge in [0.05, 0.1) is 5.75 Å². The van der Waals surface area contributed by atoms with Crippen LogP contribution in [0.25, 0.3) is 0 Å². The SMILES string of the molecule is CCn1c(SCC(=O)Nc2ccc(C(C)=O)cc2)nnc1C(C)Oc1cc(C)c(Cl)c(C)c1. The van der Waals surface area contributed by atoms with E-state index in [4.69, 9.17) is 16.3 Å². The normalized spacial score (nSPS) is 11.8. The van der Waals surface area contributed by atoms with E-state index in [1.54, 1.807) is 24.3 Å². The Bertz CT molecular complexity index is 1140. The van der Waals surface area contributed by atoms with Crippen molar-refractivity contribution in [2.75, 3.05) is 11.1 Å². The molecule has 1 aromatic heterocycles. The van der Waals surface area contributed by atoms with E-state index in [0.29, 0.717) is 28.8 Å². The van der Waals surface area contributed by atoms with E-state index in [2.05, 4.69) is 15.5 Å². The predicted octanol–water partition coefficient (Wildman–Crippen LogP) is 5.64. The predicted molar refractivity (Wildman–Crippen MR) is 131 cm³/mol. The lowest BCUT2D eigenvalue weighted by Gasteiger charge is -2.17. The van der Waals surface area contributed by atoms with Crippen LogP contribution in [-0.4, -0.2) is 32.2 Å². The molecule has 3 aromatic rings. The van der Waals surface area contributed by atoms with Gasteiger partial charge in [-0.2, -0.15) is 0 Å². The zero-order valence-electron chi connectivity index (χ0n) is 19.3. The number of nitrogens with one attached hydrogen (secondary N) is 1. The summed E-state index contributed by atoms with van der Waals surface area (Å²) in [6.45, 7) is 9.95. The number of hydrogen-bond donors (Lipinski definition) is 1. The Kier molecular flexibility index (Phi) is 8.15. The van der Waals surface area contributed by atoms with Gasteiger partial charge in [0.1, 0.15) is 5.75 Å². The average Bonchev–Trinajstić information content (AvgIpc) is 3.19. The van der Waals surface area contributed by atoms with Crippen LogP contribution in [0.5, 0.6) is 5.75 Å². The molecule has 0 aliphatic heterocycles. The first-order valence-electron chi connectivity index (χ1n) is 10.6. The molecule has 1 atom stereocenters. The van der Waals surface area contributed by atoms with E-state index in [1.807, 2.05) is 44.4 Å². The molecule has 1 unspecified atom stereocenters. The van der Waals surface area contributed by atoms with E-state index in [9.17, 15) is 9.59 Å². The van der Waals surface area contributed by atoms with Gasteiger partial charge in [0.25, 0.3) is 0 Å². The largest absolute Gasteiger partial charge is 0.483 e. The van der Waals surface area contributed by atoms with Crippen LogP contribution < -0.4 is 10.1 Å². The van der Waals surface area contributed by atoms with Gasteiger partial charge in [-0.15, -0.1) is 10.2 Å². The monoisotopic (exact) mass is 486 g/mol. The quantitative estimate of drug-likeness (QED) is 0.311. The summed E-state index contributed by atoms with van der Waals surface area (Å²) in [6, 6.07) is 10.6. The fourth-order valence-corrected chi connectivity index (χ4v) is 4.27. The minimum absolute atomic E-state index is 0.0160. The molecule has 3 rings (SSSR count). The Labute approximate surface area is 202 Å². The fraction of sp³-hybridized carbons (Fsp3) is 0.333. The van der Waals surface area contributed by atoms with Crippen molar-refractivity contribution in [3.8, 4) is 5.75 Å². The summed E-state index contributed by atoms with van der Waals surface area (Å²) in [5.41, 5.74) is 3.15. The number of aryl methyl sites for hydroxylation is 2. The molecular weight excluding hydrogens is 460 g/mol. The molecule has 1 amide bonds. The molecule has 2 aromatic carbocycles. The summed E-state index contributed by atoms with van der Waals surface area (Å²) >= 11 is 7.56. The molecular formula is C24H27ClN4O3S. The highest BCUT2D eigenvalue weighted by Gasteiger charge is 2.20. The number of halogens is 1. The number of aromatic nitrogens is 3. The van der Waals surface area contributed by atoms with E-state index in [-0.39, 0.29) is 23.5 Å². The maximum atomic E-state index is 12.4. The minimum Gasteiger partial charge on any atom is -0.483 e. The maximum absolute atomic E-state index is 12.4. The lowest BCUT2D eigenvalue weighted by Crippen LogP contribution is -2.15. The Hall–Kier alpha value is -2.84. The van der Waals surface area contributed by atoms with Crippen molar-refractivity contribution in [2.45, 2.75) is 52.4 Å². The summed E-state index contributed by atoms with van der Waals surface area (Å²) in [5.74, 6) is 1.40. The molecule has 1 N–H and O–H groups in total. The number of rotatable bonds is 9. The lowest BCUT2D eigenvalue weighted by atomic mass is 10.1. The smallest absolute Gasteiger partial charge is 0.234 e. The maximum Gasteiger partial charge on any atom is 0.234 e. The van der Waals surface area contributed by atoms with Crippen LogP contribution >= 0.6 is 23.4 Å². The second-order valence-electron chi connectivity index (χ2n) is 7.69. The number of carbonyl (C=O) groups is 2. The number of hydrogen-bond acceptors (Lipinski definition) is 6. The van der Waals surface area contributed by atoms with Crippen molar-refractivity contribution in [1.82, 2.24) is 14.8 Å². The first-order chi connectivity index (χ1) is 15.7. The molecule has 9 heteroatoms. The highest BCUT2D eigenvalue weighted by Crippen LogP contribution is 2.29. The number of ketones is 1. The Balaban J connectivity index is 1.63. The van der Waals surface area contributed by atoms with Crippen LogP contribution in [0.15, 0.2) is 41.6 Å². The number of carbonyl (C=O) groups excluding carboxylic acids is 2. The van der Waals surface area contributed by atoms with Gasteiger partial charge < -0.3 is 14.6 Å². The van der Waals surface area contributed by atoms with Crippen LogP contribution in [0.1, 0.15) is 54.2 Å². The van der Waals surface area contributed by atoms with Gasteiger partial charge in [0.15, 0.2) is 22.9 Å². The van der Waals surface area contributed by atoms with Gasteiger partial charge in [0.2, 0.25) is 5.91 Å². The first-order valence-corrected chi connectivity index (χ1v) is 12.0. The second kappa shape index (κ2) is 10.9. The molecule has 0 radical (unpaired) electrons. The fourth-order valence-electron chi connectivity index (χ4n) is 3.35. The molecule has 0 aliphatic rings. The molecule has 174 valence electrons. The Morgan fingerprint density at radius 2 is 1.79 bits per heavy atom. The van der Waals surface area contributed by atoms with Crippen LogP contribution in [0.3, 0.4) is 0 Å². The molecule has 0 fully saturated rings. The third kappa shape index (κ3) is 6.15. The number of ether oxygens (including phenoxy) is 1. The highest BCUT2D eigenvalue weighted by atomic mass is 35.5. The first kappa shape index (κ1) is 24.8. The van der Waals surface area contributed by atoms with Crippen LogP contribution in [0, 0.1) is 13.8 Å². The van der Waals surface area contributed by atoms with Gasteiger partial charge in [-0.25, -0.2) is 0 Å². The van der Waals surface area contributed by atoms with Crippen molar-refractivity contribution in [3.63, 3.8) is 0 Å². The lowest BCUT2D eigenvalue weighted by molar-refractivity contribution is -0.113. The third-order valence-corrected chi connectivity index (χ3v) is 6.62. The summed E-state index contributed by atoms with van der Waals surface area (Å²) in [5, 5.41) is 12.8. The molecule has 0 saturated heterocycles.